The van der Waals surface area contributed by atoms with Crippen LogP contribution in [-0.4, -0.2) is 21.3 Å². The molecular weight excluding hydrogens is 236 g/mol. The van der Waals surface area contributed by atoms with Gasteiger partial charge in [-0.2, -0.15) is 5.10 Å². The highest BCUT2D eigenvalue weighted by Crippen LogP contribution is 2.45. The van der Waals surface area contributed by atoms with E-state index in [1.807, 2.05) is 0 Å². The van der Waals surface area contributed by atoms with Crippen molar-refractivity contribution in [3.05, 3.63) is 12.2 Å². The Kier molecular flexibility index (Phi) is 4.29. The first-order valence-electron chi connectivity index (χ1n) is 7.57. The Labute approximate surface area is 116 Å². The van der Waals surface area contributed by atoms with Gasteiger partial charge in [-0.3, -0.25) is 4.68 Å². The molecule has 1 fully saturated rings. The molecular formula is C15H28N4. The maximum atomic E-state index is 6.11. The first-order valence-corrected chi connectivity index (χ1v) is 7.57. The minimum atomic E-state index is 0.244. The van der Waals surface area contributed by atoms with E-state index in [2.05, 4.69) is 35.5 Å². The number of aromatic nitrogens is 3. The van der Waals surface area contributed by atoms with Gasteiger partial charge in [0.2, 0.25) is 0 Å². The van der Waals surface area contributed by atoms with Crippen molar-refractivity contribution in [2.45, 2.75) is 65.8 Å². The van der Waals surface area contributed by atoms with E-state index in [-0.39, 0.29) is 5.41 Å². The van der Waals surface area contributed by atoms with E-state index >= 15 is 0 Å². The van der Waals surface area contributed by atoms with E-state index < -0.39 is 0 Å². The Balaban J connectivity index is 2.08. The summed E-state index contributed by atoms with van der Waals surface area (Å²) < 4.78 is 2.05. The summed E-state index contributed by atoms with van der Waals surface area (Å²) in [4.78, 5) is 4.45. The first kappa shape index (κ1) is 14.5. The molecule has 1 aromatic heterocycles. The summed E-state index contributed by atoms with van der Waals surface area (Å²) in [6, 6.07) is 0. The van der Waals surface area contributed by atoms with Gasteiger partial charge >= 0.3 is 0 Å². The van der Waals surface area contributed by atoms with Gasteiger partial charge in [0.25, 0.3) is 0 Å². The van der Waals surface area contributed by atoms with Crippen molar-refractivity contribution in [1.82, 2.24) is 14.8 Å². The lowest BCUT2D eigenvalue weighted by molar-refractivity contribution is 0.105. The van der Waals surface area contributed by atoms with Crippen LogP contribution in [0.2, 0.25) is 0 Å². The van der Waals surface area contributed by atoms with Gasteiger partial charge in [0.1, 0.15) is 12.2 Å². The van der Waals surface area contributed by atoms with E-state index in [1.54, 1.807) is 6.33 Å². The Hall–Kier alpha value is -0.900. The molecule has 0 aromatic carbocycles. The van der Waals surface area contributed by atoms with E-state index in [4.69, 9.17) is 5.73 Å². The summed E-state index contributed by atoms with van der Waals surface area (Å²) in [5.74, 6) is 1.12. The fourth-order valence-corrected chi connectivity index (χ4v) is 3.07. The second-order valence-corrected chi connectivity index (χ2v) is 6.94. The van der Waals surface area contributed by atoms with Crippen LogP contribution in [0.3, 0.4) is 0 Å². The van der Waals surface area contributed by atoms with Crippen molar-refractivity contribution in [2.75, 3.05) is 6.54 Å². The predicted octanol–water partition coefficient (Wildman–Crippen LogP) is 2.78. The van der Waals surface area contributed by atoms with Crippen LogP contribution in [0.4, 0.5) is 0 Å². The number of nitrogens with two attached hydrogens (primary N) is 1. The van der Waals surface area contributed by atoms with Crippen LogP contribution >= 0.6 is 0 Å². The van der Waals surface area contributed by atoms with Gasteiger partial charge in [0, 0.05) is 13.0 Å². The summed E-state index contributed by atoms with van der Waals surface area (Å²) in [5, 5.41) is 4.33. The average molecular weight is 264 g/mol. The second-order valence-electron chi connectivity index (χ2n) is 6.94. The maximum Gasteiger partial charge on any atom is 0.138 e. The number of hydrogen-bond donors (Lipinski definition) is 1. The quantitative estimate of drug-likeness (QED) is 0.889. The maximum absolute atomic E-state index is 6.11. The molecule has 0 aliphatic heterocycles. The van der Waals surface area contributed by atoms with Crippen molar-refractivity contribution >= 4 is 0 Å². The van der Waals surface area contributed by atoms with Gasteiger partial charge in [-0.15, -0.1) is 0 Å². The van der Waals surface area contributed by atoms with Crippen molar-refractivity contribution < 1.29 is 0 Å². The van der Waals surface area contributed by atoms with E-state index in [9.17, 15) is 0 Å². The van der Waals surface area contributed by atoms with Gasteiger partial charge in [-0.1, -0.05) is 20.8 Å². The molecule has 19 heavy (non-hydrogen) atoms. The van der Waals surface area contributed by atoms with Crippen LogP contribution in [0.5, 0.6) is 0 Å². The molecule has 1 heterocycles. The fraction of sp³-hybridized carbons (Fsp3) is 0.867. The molecule has 0 unspecified atom stereocenters. The highest BCUT2D eigenvalue weighted by atomic mass is 15.3. The molecule has 0 saturated heterocycles. The highest BCUT2D eigenvalue weighted by Gasteiger charge is 2.38. The largest absolute Gasteiger partial charge is 0.330 e. The monoisotopic (exact) mass is 264 g/mol. The van der Waals surface area contributed by atoms with Crippen molar-refractivity contribution in [1.29, 1.82) is 0 Å². The standard InChI is InChI=1S/C15H28N4/c1-4-9-19-13(17-12-18-19)10-15(11-16)7-5-14(2,3)6-8-15/h12H,4-11,16H2,1-3H3. The number of hydrogen-bond acceptors (Lipinski definition) is 3. The molecule has 1 aromatic rings. The molecule has 1 aliphatic carbocycles. The Bertz CT molecular complexity index is 398. The molecule has 108 valence electrons. The second kappa shape index (κ2) is 5.61. The van der Waals surface area contributed by atoms with E-state index in [0.717, 1.165) is 31.8 Å². The van der Waals surface area contributed by atoms with Gasteiger partial charge < -0.3 is 5.73 Å². The molecule has 1 saturated carbocycles. The molecule has 0 amide bonds. The molecule has 4 nitrogen and oxygen atoms in total. The third-order valence-electron chi connectivity index (χ3n) is 4.76. The molecule has 0 bridgehead atoms. The lowest BCUT2D eigenvalue weighted by atomic mass is 9.64. The van der Waals surface area contributed by atoms with Crippen LogP contribution in [0, 0.1) is 10.8 Å². The average Bonchev–Trinajstić information content (AvgIpc) is 2.80. The van der Waals surface area contributed by atoms with Gasteiger partial charge in [0.15, 0.2) is 0 Å². The highest BCUT2D eigenvalue weighted by molar-refractivity contribution is 4.98. The Morgan fingerprint density at radius 2 is 1.95 bits per heavy atom. The third-order valence-corrected chi connectivity index (χ3v) is 4.76. The number of nitrogens with zero attached hydrogens (tertiary/aromatic N) is 3. The first-order chi connectivity index (χ1) is 9.00. The summed E-state index contributed by atoms with van der Waals surface area (Å²) in [7, 11) is 0. The van der Waals surface area contributed by atoms with Crippen LogP contribution in [0.1, 0.15) is 58.7 Å². The van der Waals surface area contributed by atoms with Gasteiger partial charge in [-0.25, -0.2) is 4.98 Å². The lowest BCUT2D eigenvalue weighted by Gasteiger charge is -2.43. The minimum absolute atomic E-state index is 0.244. The zero-order valence-corrected chi connectivity index (χ0v) is 12.7. The minimum Gasteiger partial charge on any atom is -0.330 e. The fourth-order valence-electron chi connectivity index (χ4n) is 3.07. The normalized spacial score (nSPS) is 21.5. The predicted molar refractivity (Wildman–Crippen MR) is 77.8 cm³/mol. The molecule has 2 N–H and O–H groups in total. The summed E-state index contributed by atoms with van der Waals surface area (Å²) in [5.41, 5.74) is 6.84. The Morgan fingerprint density at radius 3 is 2.53 bits per heavy atom. The SMILES string of the molecule is CCCn1ncnc1CC1(CN)CCC(C)(C)CC1. The lowest BCUT2D eigenvalue weighted by Crippen LogP contribution is -2.39. The third kappa shape index (κ3) is 3.35. The molecule has 0 radical (unpaired) electrons. The van der Waals surface area contributed by atoms with Crippen molar-refractivity contribution in [3.63, 3.8) is 0 Å². The van der Waals surface area contributed by atoms with E-state index in [0.29, 0.717) is 5.41 Å². The van der Waals surface area contributed by atoms with E-state index in [1.165, 1.54) is 25.7 Å². The topological polar surface area (TPSA) is 56.7 Å². The van der Waals surface area contributed by atoms with Crippen LogP contribution < -0.4 is 5.73 Å². The number of aryl methyl sites for hydroxylation is 1. The van der Waals surface area contributed by atoms with Crippen LogP contribution in [-0.2, 0) is 13.0 Å². The molecule has 2 rings (SSSR count). The Morgan fingerprint density at radius 1 is 1.26 bits per heavy atom. The van der Waals surface area contributed by atoms with Gasteiger partial charge in [-0.05, 0) is 49.5 Å². The van der Waals surface area contributed by atoms with Crippen LogP contribution in [0.25, 0.3) is 0 Å². The summed E-state index contributed by atoms with van der Waals surface area (Å²) >= 11 is 0. The molecule has 1 aliphatic rings. The number of rotatable bonds is 5. The summed E-state index contributed by atoms with van der Waals surface area (Å²) in [6.45, 7) is 8.64. The molecule has 4 heteroatoms. The molecule has 0 spiro atoms. The smallest absolute Gasteiger partial charge is 0.138 e. The van der Waals surface area contributed by atoms with Crippen molar-refractivity contribution in [3.8, 4) is 0 Å². The zero-order valence-electron chi connectivity index (χ0n) is 12.7. The van der Waals surface area contributed by atoms with Gasteiger partial charge in [0.05, 0.1) is 0 Å². The summed E-state index contributed by atoms with van der Waals surface area (Å²) in [6.07, 6.45) is 8.74. The van der Waals surface area contributed by atoms with Crippen molar-refractivity contribution in [2.24, 2.45) is 16.6 Å². The molecule has 0 atom stereocenters. The van der Waals surface area contributed by atoms with Crippen LogP contribution in [0.15, 0.2) is 6.33 Å². The zero-order chi connectivity index (χ0) is 13.9.